The zero-order valence-corrected chi connectivity index (χ0v) is 17.0. The molecule has 0 bridgehead atoms. The summed E-state index contributed by atoms with van der Waals surface area (Å²) in [4.78, 5) is 26.4. The highest BCUT2D eigenvalue weighted by molar-refractivity contribution is 5.73. The summed E-state index contributed by atoms with van der Waals surface area (Å²) in [5.41, 5.74) is 4.66. The van der Waals surface area contributed by atoms with Crippen LogP contribution in [0.5, 0.6) is 0 Å². The van der Waals surface area contributed by atoms with Gasteiger partial charge in [0.25, 0.3) is 0 Å². The zero-order valence-electron chi connectivity index (χ0n) is 17.0. The van der Waals surface area contributed by atoms with Gasteiger partial charge < -0.3 is 19.4 Å². The van der Waals surface area contributed by atoms with Crippen molar-refractivity contribution in [3.05, 3.63) is 41.5 Å². The molecule has 0 amide bonds. The van der Waals surface area contributed by atoms with Crippen molar-refractivity contribution in [2.75, 3.05) is 20.6 Å². The zero-order chi connectivity index (χ0) is 19.6. The molecule has 27 heavy (non-hydrogen) atoms. The fraction of sp³-hybridized carbons (Fsp3) is 0.565. The van der Waals surface area contributed by atoms with E-state index in [0.29, 0.717) is 12.8 Å². The number of fused-ring (bicyclic) bond motifs is 1. The molecule has 0 aromatic heterocycles. The second-order valence-electron chi connectivity index (χ2n) is 7.83. The molecule has 148 valence electrons. The Labute approximate surface area is 164 Å². The van der Waals surface area contributed by atoms with Crippen molar-refractivity contribution in [1.82, 2.24) is 9.80 Å². The molecule has 0 radical (unpaired) electrons. The normalized spacial score (nSPS) is 14.5. The van der Waals surface area contributed by atoms with Crippen molar-refractivity contribution < 1.29 is 9.59 Å². The summed E-state index contributed by atoms with van der Waals surface area (Å²) in [5, 5.41) is 0. The maximum absolute atomic E-state index is 11.4. The van der Waals surface area contributed by atoms with Gasteiger partial charge in [-0.15, -0.1) is 0 Å². The van der Waals surface area contributed by atoms with Crippen molar-refractivity contribution in [2.45, 2.75) is 64.0 Å². The average Bonchev–Trinajstić information content (AvgIpc) is 2.97. The Balaban J connectivity index is 1.82. The van der Waals surface area contributed by atoms with Crippen molar-refractivity contribution in [2.24, 2.45) is 0 Å². The molecule has 0 saturated carbocycles. The number of carbonyl (C=O) groups is 2. The van der Waals surface area contributed by atoms with Crippen LogP contribution in [0.25, 0.3) is 5.70 Å². The summed E-state index contributed by atoms with van der Waals surface area (Å²) in [6.07, 6.45) is 10.3. The Morgan fingerprint density at radius 2 is 1.89 bits per heavy atom. The van der Waals surface area contributed by atoms with Crippen molar-refractivity contribution in [3.63, 3.8) is 0 Å². The molecule has 4 heteroatoms. The number of aryl methyl sites for hydroxylation is 1. The molecule has 1 unspecified atom stereocenters. The second-order valence-corrected chi connectivity index (χ2v) is 7.83. The van der Waals surface area contributed by atoms with Crippen LogP contribution in [0.2, 0.25) is 0 Å². The van der Waals surface area contributed by atoms with Crippen LogP contribution in [0.3, 0.4) is 0 Å². The van der Waals surface area contributed by atoms with E-state index in [2.05, 4.69) is 43.8 Å². The highest BCUT2D eigenvalue weighted by Crippen LogP contribution is 2.34. The van der Waals surface area contributed by atoms with E-state index in [1.807, 2.05) is 4.90 Å². The maximum Gasteiger partial charge on any atom is 0.142 e. The number of hydrogen-bond donors (Lipinski definition) is 0. The molecule has 0 spiro atoms. The van der Waals surface area contributed by atoms with E-state index >= 15 is 0 Å². The van der Waals surface area contributed by atoms with Crippen LogP contribution in [0, 0.1) is 0 Å². The molecule has 1 aromatic rings. The van der Waals surface area contributed by atoms with E-state index in [-0.39, 0.29) is 6.04 Å². The SMILES string of the molecule is C=C1c2ccc(CCCCCCCN(C)C)cc2CN1C(C=O)CCC=O. The maximum atomic E-state index is 11.4. The number of hydrogen-bond acceptors (Lipinski definition) is 4. The lowest BCUT2D eigenvalue weighted by atomic mass is 10.0. The summed E-state index contributed by atoms with van der Waals surface area (Å²) < 4.78 is 0. The van der Waals surface area contributed by atoms with Crippen LogP contribution in [-0.2, 0) is 22.6 Å². The number of rotatable bonds is 13. The summed E-state index contributed by atoms with van der Waals surface area (Å²) in [5.74, 6) is 0. The summed E-state index contributed by atoms with van der Waals surface area (Å²) in [6, 6.07) is 6.35. The lowest BCUT2D eigenvalue weighted by Gasteiger charge is -2.25. The minimum absolute atomic E-state index is 0.263. The Hall–Kier alpha value is -1.94. The first kappa shape index (κ1) is 21.4. The van der Waals surface area contributed by atoms with Crippen LogP contribution in [0.4, 0.5) is 0 Å². The minimum Gasteiger partial charge on any atom is -0.357 e. The van der Waals surface area contributed by atoms with Gasteiger partial charge in [0.1, 0.15) is 12.6 Å². The molecule has 1 heterocycles. The largest absolute Gasteiger partial charge is 0.357 e. The lowest BCUT2D eigenvalue weighted by molar-refractivity contribution is -0.112. The Kier molecular flexibility index (Phi) is 8.73. The Morgan fingerprint density at radius 1 is 1.15 bits per heavy atom. The van der Waals surface area contributed by atoms with E-state index in [1.165, 1.54) is 49.8 Å². The highest BCUT2D eigenvalue weighted by Gasteiger charge is 2.28. The van der Waals surface area contributed by atoms with E-state index in [0.717, 1.165) is 36.8 Å². The molecule has 1 aliphatic rings. The third kappa shape index (κ3) is 6.31. The van der Waals surface area contributed by atoms with Gasteiger partial charge in [-0.1, -0.05) is 44.0 Å². The number of nitrogens with zero attached hydrogens (tertiary/aromatic N) is 2. The molecule has 1 aliphatic heterocycles. The van der Waals surface area contributed by atoms with Gasteiger partial charge in [0.2, 0.25) is 0 Å². The molecule has 1 aromatic carbocycles. The third-order valence-corrected chi connectivity index (χ3v) is 5.38. The van der Waals surface area contributed by atoms with Gasteiger partial charge in [-0.3, -0.25) is 0 Å². The first-order valence-electron chi connectivity index (χ1n) is 10.2. The van der Waals surface area contributed by atoms with Gasteiger partial charge in [0.15, 0.2) is 0 Å². The first-order valence-corrected chi connectivity index (χ1v) is 10.2. The lowest BCUT2D eigenvalue weighted by Crippen LogP contribution is -2.31. The van der Waals surface area contributed by atoms with Crippen molar-refractivity contribution in [3.8, 4) is 0 Å². The van der Waals surface area contributed by atoms with E-state index in [1.54, 1.807) is 0 Å². The number of benzene rings is 1. The summed E-state index contributed by atoms with van der Waals surface area (Å²) in [7, 11) is 4.26. The first-order chi connectivity index (χ1) is 13.1. The van der Waals surface area contributed by atoms with Crippen LogP contribution < -0.4 is 0 Å². The quantitative estimate of drug-likeness (QED) is 0.388. The molecule has 0 saturated heterocycles. The van der Waals surface area contributed by atoms with Gasteiger partial charge in [-0.25, -0.2) is 0 Å². The summed E-state index contributed by atoms with van der Waals surface area (Å²) >= 11 is 0. The number of carbonyl (C=O) groups excluding carboxylic acids is 2. The predicted molar refractivity (Wildman–Crippen MR) is 112 cm³/mol. The fourth-order valence-electron chi connectivity index (χ4n) is 3.79. The molecule has 1 atom stereocenters. The average molecular weight is 371 g/mol. The second kappa shape index (κ2) is 11.0. The van der Waals surface area contributed by atoms with Crippen molar-refractivity contribution >= 4 is 18.3 Å². The molecule has 0 N–H and O–H groups in total. The predicted octanol–water partition coefficient (Wildman–Crippen LogP) is 4.07. The van der Waals surface area contributed by atoms with E-state index < -0.39 is 0 Å². The monoisotopic (exact) mass is 370 g/mol. The van der Waals surface area contributed by atoms with Gasteiger partial charge in [0.05, 0.1) is 6.04 Å². The van der Waals surface area contributed by atoms with E-state index in [4.69, 9.17) is 0 Å². The standard InChI is InChI=1S/C23H34N2O2/c1-19-23-13-12-20(10-7-5-4-6-8-14-24(2)3)16-21(23)17-25(19)22(18-27)11-9-15-26/h12-13,15-16,18,22H,1,4-11,14,17H2,2-3H3. The number of unbranched alkanes of at least 4 members (excludes halogenated alkanes) is 4. The Bertz CT molecular complexity index is 639. The van der Waals surface area contributed by atoms with Crippen LogP contribution >= 0.6 is 0 Å². The molecule has 2 rings (SSSR count). The fourth-order valence-corrected chi connectivity index (χ4v) is 3.79. The third-order valence-electron chi connectivity index (χ3n) is 5.38. The minimum atomic E-state index is -0.263. The van der Waals surface area contributed by atoms with Gasteiger partial charge in [-0.05, 0) is 57.5 Å². The van der Waals surface area contributed by atoms with Crippen molar-refractivity contribution in [1.29, 1.82) is 0 Å². The molecular weight excluding hydrogens is 336 g/mol. The smallest absolute Gasteiger partial charge is 0.142 e. The van der Waals surface area contributed by atoms with Gasteiger partial charge >= 0.3 is 0 Å². The van der Waals surface area contributed by atoms with Crippen LogP contribution in [0.1, 0.15) is 61.6 Å². The van der Waals surface area contributed by atoms with E-state index in [9.17, 15) is 9.59 Å². The van der Waals surface area contributed by atoms with Gasteiger partial charge in [-0.2, -0.15) is 0 Å². The Morgan fingerprint density at radius 3 is 2.59 bits per heavy atom. The van der Waals surface area contributed by atoms with Crippen LogP contribution in [-0.4, -0.2) is 49.1 Å². The topological polar surface area (TPSA) is 40.6 Å². The highest BCUT2D eigenvalue weighted by atomic mass is 16.1. The molecular formula is C23H34N2O2. The van der Waals surface area contributed by atoms with Crippen LogP contribution in [0.15, 0.2) is 24.8 Å². The summed E-state index contributed by atoms with van der Waals surface area (Å²) in [6.45, 7) is 6.07. The molecule has 0 aliphatic carbocycles. The molecule has 0 fully saturated rings. The molecule has 4 nitrogen and oxygen atoms in total. The number of aldehydes is 2. The van der Waals surface area contributed by atoms with Gasteiger partial charge in [0, 0.05) is 24.2 Å².